The molecule has 0 aromatic rings. The second kappa shape index (κ2) is 9.76. The summed E-state index contributed by atoms with van der Waals surface area (Å²) in [6.07, 6.45) is 5.36. The molecule has 0 amide bonds. The summed E-state index contributed by atoms with van der Waals surface area (Å²) >= 11 is 0. The first-order valence-electron chi connectivity index (χ1n) is 7.95. The zero-order chi connectivity index (χ0) is 13.2. The van der Waals surface area contributed by atoms with Gasteiger partial charge in [-0.2, -0.15) is 0 Å². The first-order valence-corrected chi connectivity index (χ1v) is 7.95. The average molecular weight is 255 g/mol. The molecule has 1 fully saturated rings. The number of hydrogen-bond acceptors (Lipinski definition) is 3. The molecule has 0 radical (unpaired) electrons. The molecule has 0 aliphatic carbocycles. The zero-order valence-electron chi connectivity index (χ0n) is 12.7. The molecular formula is C15H33N3. The third kappa shape index (κ3) is 6.17. The summed E-state index contributed by atoms with van der Waals surface area (Å²) in [7, 11) is 0. The van der Waals surface area contributed by atoms with Crippen LogP contribution < -0.4 is 5.32 Å². The second-order valence-electron chi connectivity index (χ2n) is 5.55. The minimum Gasteiger partial charge on any atom is -0.317 e. The molecule has 0 saturated carbocycles. The molecule has 108 valence electrons. The van der Waals surface area contributed by atoms with Crippen LogP contribution in [0.2, 0.25) is 0 Å². The van der Waals surface area contributed by atoms with Crippen LogP contribution in [-0.2, 0) is 0 Å². The van der Waals surface area contributed by atoms with E-state index in [1.165, 1.54) is 65.0 Å². The topological polar surface area (TPSA) is 18.5 Å². The van der Waals surface area contributed by atoms with Gasteiger partial charge in [0.25, 0.3) is 0 Å². The largest absolute Gasteiger partial charge is 0.317 e. The zero-order valence-corrected chi connectivity index (χ0v) is 12.7. The van der Waals surface area contributed by atoms with Crippen LogP contribution in [0.3, 0.4) is 0 Å². The van der Waals surface area contributed by atoms with Crippen molar-refractivity contribution in [3.63, 3.8) is 0 Å². The maximum Gasteiger partial charge on any atom is 0.0113 e. The van der Waals surface area contributed by atoms with Crippen molar-refractivity contribution in [1.82, 2.24) is 15.1 Å². The third-order valence-electron chi connectivity index (χ3n) is 4.20. The standard InChI is InChI=1S/C15H33N3/c1-4-15(3)18-13-11-17(12-14-18)10-8-6-7-9-16-5-2/h15-16H,4-14H2,1-3H3. The summed E-state index contributed by atoms with van der Waals surface area (Å²) < 4.78 is 0. The van der Waals surface area contributed by atoms with Crippen molar-refractivity contribution in [3.05, 3.63) is 0 Å². The number of rotatable bonds is 9. The third-order valence-corrected chi connectivity index (χ3v) is 4.20. The van der Waals surface area contributed by atoms with Crippen LogP contribution in [0.5, 0.6) is 0 Å². The first-order chi connectivity index (χ1) is 8.77. The minimum absolute atomic E-state index is 0.771. The van der Waals surface area contributed by atoms with Crippen LogP contribution in [0.1, 0.15) is 46.5 Å². The molecule has 1 rings (SSSR count). The van der Waals surface area contributed by atoms with Gasteiger partial charge in [-0.3, -0.25) is 4.90 Å². The lowest BCUT2D eigenvalue weighted by Crippen LogP contribution is -2.49. The summed E-state index contributed by atoms with van der Waals surface area (Å²) in [6.45, 7) is 15.5. The molecule has 1 heterocycles. The van der Waals surface area contributed by atoms with Crippen LogP contribution in [-0.4, -0.2) is 61.7 Å². The summed E-state index contributed by atoms with van der Waals surface area (Å²) in [5.74, 6) is 0. The summed E-state index contributed by atoms with van der Waals surface area (Å²) in [5, 5.41) is 3.39. The highest BCUT2D eigenvalue weighted by Gasteiger charge is 2.19. The molecule has 1 aliphatic rings. The molecule has 1 saturated heterocycles. The minimum atomic E-state index is 0.771. The van der Waals surface area contributed by atoms with Crippen molar-refractivity contribution in [2.45, 2.75) is 52.5 Å². The van der Waals surface area contributed by atoms with Gasteiger partial charge < -0.3 is 10.2 Å². The van der Waals surface area contributed by atoms with E-state index < -0.39 is 0 Å². The fourth-order valence-corrected chi connectivity index (χ4v) is 2.62. The maximum atomic E-state index is 3.39. The molecule has 1 N–H and O–H groups in total. The summed E-state index contributed by atoms with van der Waals surface area (Å²) in [5.41, 5.74) is 0. The van der Waals surface area contributed by atoms with Gasteiger partial charge in [0.2, 0.25) is 0 Å². The maximum absolute atomic E-state index is 3.39. The van der Waals surface area contributed by atoms with Gasteiger partial charge in [0.15, 0.2) is 0 Å². The van der Waals surface area contributed by atoms with Crippen molar-refractivity contribution in [3.8, 4) is 0 Å². The van der Waals surface area contributed by atoms with Crippen LogP contribution in [0.4, 0.5) is 0 Å². The molecule has 0 aromatic carbocycles. The normalized spacial score (nSPS) is 20.2. The number of piperazine rings is 1. The van der Waals surface area contributed by atoms with E-state index in [2.05, 4.69) is 35.9 Å². The molecule has 0 aromatic heterocycles. The number of nitrogens with zero attached hydrogens (tertiary/aromatic N) is 2. The number of hydrogen-bond donors (Lipinski definition) is 1. The van der Waals surface area contributed by atoms with Gasteiger partial charge in [0, 0.05) is 32.2 Å². The molecule has 1 unspecified atom stereocenters. The van der Waals surface area contributed by atoms with E-state index in [4.69, 9.17) is 0 Å². The molecule has 18 heavy (non-hydrogen) atoms. The summed E-state index contributed by atoms with van der Waals surface area (Å²) in [4.78, 5) is 5.29. The van der Waals surface area contributed by atoms with Gasteiger partial charge in [-0.25, -0.2) is 0 Å². The lowest BCUT2D eigenvalue weighted by atomic mass is 10.1. The molecule has 0 spiro atoms. The van der Waals surface area contributed by atoms with E-state index in [1.54, 1.807) is 0 Å². The van der Waals surface area contributed by atoms with Crippen LogP contribution in [0.25, 0.3) is 0 Å². The van der Waals surface area contributed by atoms with E-state index in [-0.39, 0.29) is 0 Å². The molecule has 0 bridgehead atoms. The average Bonchev–Trinajstić information content (AvgIpc) is 2.42. The quantitative estimate of drug-likeness (QED) is 0.637. The second-order valence-corrected chi connectivity index (χ2v) is 5.55. The van der Waals surface area contributed by atoms with Crippen molar-refractivity contribution in [2.75, 3.05) is 45.8 Å². The van der Waals surface area contributed by atoms with Gasteiger partial charge in [-0.05, 0) is 45.8 Å². The van der Waals surface area contributed by atoms with Gasteiger partial charge in [-0.15, -0.1) is 0 Å². The Kier molecular flexibility index (Phi) is 8.64. The smallest absolute Gasteiger partial charge is 0.0113 e. The van der Waals surface area contributed by atoms with Crippen molar-refractivity contribution in [2.24, 2.45) is 0 Å². The molecular weight excluding hydrogens is 222 g/mol. The van der Waals surface area contributed by atoms with Crippen molar-refractivity contribution < 1.29 is 0 Å². The van der Waals surface area contributed by atoms with E-state index in [0.717, 1.165) is 12.6 Å². The Labute approximate surface area is 114 Å². The predicted octanol–water partition coefficient (Wildman–Crippen LogP) is 2.18. The lowest BCUT2D eigenvalue weighted by Gasteiger charge is -2.37. The highest BCUT2D eigenvalue weighted by Crippen LogP contribution is 2.09. The van der Waals surface area contributed by atoms with Crippen molar-refractivity contribution >= 4 is 0 Å². The lowest BCUT2D eigenvalue weighted by molar-refractivity contribution is 0.0995. The Hall–Kier alpha value is -0.120. The van der Waals surface area contributed by atoms with Crippen molar-refractivity contribution in [1.29, 1.82) is 0 Å². The number of nitrogens with one attached hydrogen (secondary N) is 1. The van der Waals surface area contributed by atoms with Crippen LogP contribution in [0.15, 0.2) is 0 Å². The van der Waals surface area contributed by atoms with Gasteiger partial charge in [-0.1, -0.05) is 20.3 Å². The van der Waals surface area contributed by atoms with Gasteiger partial charge in [0.05, 0.1) is 0 Å². The SMILES string of the molecule is CCNCCCCCN1CCN(C(C)CC)CC1. The number of unbranched alkanes of at least 4 members (excludes halogenated alkanes) is 2. The Morgan fingerprint density at radius 3 is 2.33 bits per heavy atom. The van der Waals surface area contributed by atoms with Crippen LogP contribution in [0, 0.1) is 0 Å². The van der Waals surface area contributed by atoms with Gasteiger partial charge >= 0.3 is 0 Å². The van der Waals surface area contributed by atoms with Crippen LogP contribution >= 0.6 is 0 Å². The van der Waals surface area contributed by atoms with E-state index in [1.807, 2.05) is 0 Å². The fourth-order valence-electron chi connectivity index (χ4n) is 2.62. The highest BCUT2D eigenvalue weighted by atomic mass is 15.3. The van der Waals surface area contributed by atoms with E-state index in [0.29, 0.717) is 0 Å². The molecule has 1 atom stereocenters. The fraction of sp³-hybridized carbons (Fsp3) is 1.00. The summed E-state index contributed by atoms with van der Waals surface area (Å²) in [6, 6.07) is 0.771. The highest BCUT2D eigenvalue weighted by molar-refractivity contribution is 4.75. The Bertz CT molecular complexity index is 188. The Morgan fingerprint density at radius 2 is 1.72 bits per heavy atom. The van der Waals surface area contributed by atoms with E-state index in [9.17, 15) is 0 Å². The first kappa shape index (κ1) is 15.9. The molecule has 3 heteroatoms. The molecule has 3 nitrogen and oxygen atoms in total. The molecule has 1 aliphatic heterocycles. The van der Waals surface area contributed by atoms with Gasteiger partial charge in [0.1, 0.15) is 0 Å². The van der Waals surface area contributed by atoms with E-state index >= 15 is 0 Å². The predicted molar refractivity (Wildman–Crippen MR) is 80.2 cm³/mol. The Balaban J connectivity index is 1.98. The monoisotopic (exact) mass is 255 g/mol. The Morgan fingerprint density at radius 1 is 1.00 bits per heavy atom.